The minimum absolute atomic E-state index is 0.0800. The molecule has 2 N–H and O–H groups in total. The van der Waals surface area contributed by atoms with E-state index in [2.05, 4.69) is 21.2 Å². The van der Waals surface area contributed by atoms with Crippen LogP contribution in [0.15, 0.2) is 39.1 Å². The van der Waals surface area contributed by atoms with Gasteiger partial charge in [0.2, 0.25) is 0 Å². The average molecular weight is 380 g/mol. The zero-order valence-electron chi connectivity index (χ0n) is 11.8. The SMILES string of the molecule is O=C1CCC2=C1C(c1cc(Br)c(F)cc1O)C1=C(COC1=O)N2. The first-order chi connectivity index (χ1) is 11.0. The molecule has 0 bridgehead atoms. The molecule has 2 aliphatic heterocycles. The fourth-order valence-electron chi connectivity index (χ4n) is 3.37. The lowest BCUT2D eigenvalue weighted by atomic mass is 9.80. The molecular formula is C16H11BrFNO4. The van der Waals surface area contributed by atoms with Crippen molar-refractivity contribution >= 4 is 27.7 Å². The van der Waals surface area contributed by atoms with Crippen LogP contribution in [0, 0.1) is 5.82 Å². The van der Waals surface area contributed by atoms with Crippen LogP contribution in [0.2, 0.25) is 0 Å². The van der Waals surface area contributed by atoms with E-state index in [0.29, 0.717) is 35.2 Å². The van der Waals surface area contributed by atoms with Crippen LogP contribution >= 0.6 is 15.9 Å². The number of halogens is 2. The lowest BCUT2D eigenvalue weighted by molar-refractivity contribution is -0.136. The number of ether oxygens (including phenoxy) is 1. The minimum atomic E-state index is -0.733. The Hall–Kier alpha value is -2.15. The molecule has 7 heteroatoms. The Kier molecular flexibility index (Phi) is 3.09. The number of phenolic OH excluding ortho intramolecular Hbond substituents is 1. The number of ketones is 1. The molecule has 4 rings (SSSR count). The van der Waals surface area contributed by atoms with Crippen molar-refractivity contribution in [3.05, 3.63) is 50.5 Å². The fraction of sp³-hybridized carbons (Fsp3) is 0.250. The molecule has 1 aromatic rings. The van der Waals surface area contributed by atoms with Gasteiger partial charge in [-0.15, -0.1) is 0 Å². The normalized spacial score (nSPS) is 23.0. The Morgan fingerprint density at radius 1 is 1.22 bits per heavy atom. The Labute approximate surface area is 138 Å². The summed E-state index contributed by atoms with van der Waals surface area (Å²) in [6, 6.07) is 2.38. The van der Waals surface area contributed by atoms with Crippen molar-refractivity contribution in [1.29, 1.82) is 0 Å². The molecule has 1 aliphatic carbocycles. The van der Waals surface area contributed by atoms with Crippen molar-refractivity contribution in [1.82, 2.24) is 5.32 Å². The maximum atomic E-state index is 13.6. The number of phenols is 1. The van der Waals surface area contributed by atoms with E-state index in [1.807, 2.05) is 0 Å². The number of rotatable bonds is 1. The number of dihydropyridines is 1. The van der Waals surface area contributed by atoms with Gasteiger partial charge in [0.25, 0.3) is 0 Å². The molecule has 0 spiro atoms. The minimum Gasteiger partial charge on any atom is -0.508 e. The third-order valence-electron chi connectivity index (χ3n) is 4.38. The summed E-state index contributed by atoms with van der Waals surface area (Å²) in [5, 5.41) is 13.3. The number of cyclic esters (lactones) is 1. The van der Waals surface area contributed by atoms with Crippen molar-refractivity contribution in [2.24, 2.45) is 0 Å². The molecule has 0 saturated heterocycles. The predicted molar refractivity (Wildman–Crippen MR) is 80.9 cm³/mol. The van der Waals surface area contributed by atoms with Crippen molar-refractivity contribution < 1.29 is 23.8 Å². The molecule has 5 nitrogen and oxygen atoms in total. The summed E-state index contributed by atoms with van der Waals surface area (Å²) in [4.78, 5) is 24.4. The molecule has 0 fully saturated rings. The van der Waals surface area contributed by atoms with Crippen LogP contribution in [0.3, 0.4) is 0 Å². The molecule has 0 saturated carbocycles. The van der Waals surface area contributed by atoms with Crippen molar-refractivity contribution in [3.63, 3.8) is 0 Å². The first kappa shape index (κ1) is 14.4. The summed E-state index contributed by atoms with van der Waals surface area (Å²) in [5.74, 6) is -2.25. The largest absolute Gasteiger partial charge is 0.508 e. The van der Waals surface area contributed by atoms with E-state index in [1.54, 1.807) is 0 Å². The third-order valence-corrected chi connectivity index (χ3v) is 4.99. The smallest absolute Gasteiger partial charge is 0.337 e. The zero-order valence-corrected chi connectivity index (χ0v) is 13.4. The van der Waals surface area contributed by atoms with Crippen LogP contribution in [0.4, 0.5) is 4.39 Å². The molecule has 23 heavy (non-hydrogen) atoms. The summed E-state index contributed by atoms with van der Waals surface area (Å²) >= 11 is 3.09. The van der Waals surface area contributed by atoms with Gasteiger partial charge in [-0.2, -0.15) is 0 Å². The van der Waals surface area contributed by atoms with Crippen molar-refractivity contribution in [2.75, 3.05) is 6.61 Å². The van der Waals surface area contributed by atoms with Gasteiger partial charge in [-0.05, 0) is 28.4 Å². The molecule has 1 aromatic carbocycles. The van der Waals surface area contributed by atoms with Crippen LogP contribution in [0.1, 0.15) is 24.3 Å². The molecule has 3 aliphatic rings. The topological polar surface area (TPSA) is 75.6 Å². The molecule has 1 unspecified atom stereocenters. The second kappa shape index (κ2) is 4.92. The van der Waals surface area contributed by atoms with Gasteiger partial charge >= 0.3 is 5.97 Å². The Bertz CT molecular complexity index is 803. The molecule has 0 aromatic heterocycles. The van der Waals surface area contributed by atoms with Gasteiger partial charge in [0.15, 0.2) is 5.78 Å². The summed E-state index contributed by atoms with van der Waals surface area (Å²) in [6.45, 7) is 0.110. The summed E-state index contributed by atoms with van der Waals surface area (Å²) < 4.78 is 18.8. The molecule has 0 radical (unpaired) electrons. The molecule has 2 heterocycles. The number of carbonyl (C=O) groups excluding carboxylic acids is 2. The highest BCUT2D eigenvalue weighted by Crippen LogP contribution is 2.47. The van der Waals surface area contributed by atoms with Gasteiger partial charge in [-0.3, -0.25) is 4.79 Å². The number of hydrogen-bond acceptors (Lipinski definition) is 5. The summed E-state index contributed by atoms with van der Waals surface area (Å²) in [7, 11) is 0. The van der Waals surface area contributed by atoms with Crippen molar-refractivity contribution in [2.45, 2.75) is 18.8 Å². The zero-order chi connectivity index (χ0) is 16.3. The number of carbonyl (C=O) groups is 2. The van der Waals surface area contributed by atoms with Crippen LogP contribution in [-0.2, 0) is 14.3 Å². The summed E-state index contributed by atoms with van der Waals surface area (Å²) in [6.07, 6.45) is 0.908. The number of hydrogen-bond donors (Lipinski definition) is 2. The third kappa shape index (κ3) is 2.03. The first-order valence-corrected chi connectivity index (χ1v) is 7.88. The van der Waals surface area contributed by atoms with Crippen LogP contribution < -0.4 is 5.32 Å². The predicted octanol–water partition coefficient (Wildman–Crippen LogP) is 2.41. The van der Waals surface area contributed by atoms with Gasteiger partial charge in [-0.25, -0.2) is 9.18 Å². The lowest BCUT2D eigenvalue weighted by Gasteiger charge is -2.26. The fourth-order valence-corrected chi connectivity index (χ4v) is 3.73. The van der Waals surface area contributed by atoms with Crippen LogP contribution in [-0.4, -0.2) is 23.5 Å². The van der Waals surface area contributed by atoms with Crippen LogP contribution in [0.25, 0.3) is 0 Å². The Morgan fingerprint density at radius 3 is 2.78 bits per heavy atom. The van der Waals surface area contributed by atoms with E-state index in [9.17, 15) is 19.1 Å². The number of aromatic hydroxyl groups is 1. The second-order valence-electron chi connectivity index (χ2n) is 5.67. The number of allylic oxidation sites excluding steroid dienone is 2. The maximum absolute atomic E-state index is 13.6. The number of benzene rings is 1. The standard InChI is InChI=1S/C16H11BrFNO4/c17-7-3-6(12(21)4-8(7)18)13-14-9(1-2-11(14)20)19-10-5-23-16(22)15(10)13/h3-4,13,19,21H,1-2,5H2. The Morgan fingerprint density at radius 2 is 2.00 bits per heavy atom. The van der Waals surface area contributed by atoms with E-state index in [-0.39, 0.29) is 22.6 Å². The van der Waals surface area contributed by atoms with E-state index in [0.717, 1.165) is 11.8 Å². The Balaban J connectivity index is 1.95. The van der Waals surface area contributed by atoms with E-state index < -0.39 is 17.7 Å². The molecular weight excluding hydrogens is 369 g/mol. The highest BCUT2D eigenvalue weighted by Gasteiger charge is 2.44. The van der Waals surface area contributed by atoms with Gasteiger partial charge < -0.3 is 15.2 Å². The van der Waals surface area contributed by atoms with Gasteiger partial charge in [-0.1, -0.05) is 0 Å². The van der Waals surface area contributed by atoms with Crippen molar-refractivity contribution in [3.8, 4) is 5.75 Å². The molecule has 1 atom stereocenters. The van der Waals surface area contributed by atoms with Gasteiger partial charge in [0.1, 0.15) is 18.2 Å². The number of nitrogens with one attached hydrogen (secondary N) is 1. The monoisotopic (exact) mass is 379 g/mol. The first-order valence-electron chi connectivity index (χ1n) is 7.08. The maximum Gasteiger partial charge on any atom is 0.337 e. The van der Waals surface area contributed by atoms with Gasteiger partial charge in [0.05, 0.1) is 21.7 Å². The lowest BCUT2D eigenvalue weighted by Crippen LogP contribution is -2.26. The average Bonchev–Trinajstić information content (AvgIpc) is 3.06. The van der Waals surface area contributed by atoms with E-state index >= 15 is 0 Å². The number of esters is 1. The van der Waals surface area contributed by atoms with Crippen LogP contribution in [0.5, 0.6) is 5.75 Å². The highest BCUT2D eigenvalue weighted by molar-refractivity contribution is 9.10. The summed E-state index contributed by atoms with van der Waals surface area (Å²) in [5.41, 5.74) is 2.43. The molecule has 0 amide bonds. The van der Waals surface area contributed by atoms with E-state index in [1.165, 1.54) is 6.07 Å². The number of Topliss-reactive ketones (excluding diaryl/α,β-unsaturated/α-hetero) is 1. The van der Waals surface area contributed by atoms with E-state index in [4.69, 9.17) is 4.74 Å². The molecule has 118 valence electrons. The highest BCUT2D eigenvalue weighted by atomic mass is 79.9. The second-order valence-corrected chi connectivity index (χ2v) is 6.52. The quantitative estimate of drug-likeness (QED) is 0.732. The van der Waals surface area contributed by atoms with Gasteiger partial charge in [0, 0.05) is 29.3 Å².